The van der Waals surface area contributed by atoms with E-state index in [1.165, 1.54) is 6.42 Å². The molecule has 3 heterocycles. The summed E-state index contributed by atoms with van der Waals surface area (Å²) in [6, 6.07) is 9.50. The van der Waals surface area contributed by atoms with E-state index in [1.54, 1.807) is 13.3 Å². The van der Waals surface area contributed by atoms with Gasteiger partial charge in [0.1, 0.15) is 5.75 Å². The maximum Gasteiger partial charge on any atom is 0.262 e. The second kappa shape index (κ2) is 6.78. The number of H-pyrrole nitrogens is 1. The first-order valence-electron chi connectivity index (χ1n) is 8.94. The summed E-state index contributed by atoms with van der Waals surface area (Å²) in [5, 5.41) is 0.509. The average molecular weight is 350 g/mol. The van der Waals surface area contributed by atoms with Gasteiger partial charge < -0.3 is 9.64 Å². The zero-order valence-electron chi connectivity index (χ0n) is 15.0. The van der Waals surface area contributed by atoms with Crippen LogP contribution in [0.4, 0.5) is 5.95 Å². The number of ether oxygens (including phenoxy) is 1. The molecule has 26 heavy (non-hydrogen) atoms. The fourth-order valence-corrected chi connectivity index (χ4v) is 3.61. The van der Waals surface area contributed by atoms with Gasteiger partial charge in [-0.2, -0.15) is 4.98 Å². The molecule has 1 fully saturated rings. The van der Waals surface area contributed by atoms with E-state index in [-0.39, 0.29) is 5.56 Å². The first-order valence-corrected chi connectivity index (χ1v) is 8.94. The Kier molecular flexibility index (Phi) is 4.32. The Bertz CT molecular complexity index is 999. The minimum absolute atomic E-state index is 0.158. The minimum Gasteiger partial charge on any atom is -0.497 e. The molecule has 1 aliphatic rings. The molecule has 0 aliphatic carbocycles. The van der Waals surface area contributed by atoms with Gasteiger partial charge in [-0.15, -0.1) is 0 Å². The lowest BCUT2D eigenvalue weighted by Crippen LogP contribution is -2.36. The van der Waals surface area contributed by atoms with Gasteiger partial charge in [-0.05, 0) is 48.1 Å². The Labute approximate surface area is 151 Å². The van der Waals surface area contributed by atoms with E-state index < -0.39 is 0 Å². The number of nitrogens with zero attached hydrogens (tertiary/aromatic N) is 3. The number of hydrogen-bond acceptors (Lipinski definition) is 5. The van der Waals surface area contributed by atoms with Crippen LogP contribution < -0.4 is 15.2 Å². The molecule has 4 rings (SSSR count). The normalized spacial score (nSPS) is 17.5. The van der Waals surface area contributed by atoms with Crippen molar-refractivity contribution >= 4 is 17.0 Å². The van der Waals surface area contributed by atoms with Gasteiger partial charge in [0, 0.05) is 19.3 Å². The number of rotatable bonds is 3. The lowest BCUT2D eigenvalue weighted by atomic mass is 10.0. The van der Waals surface area contributed by atoms with Crippen molar-refractivity contribution in [2.24, 2.45) is 5.92 Å². The van der Waals surface area contributed by atoms with Crippen LogP contribution in [0.1, 0.15) is 19.8 Å². The molecule has 1 unspecified atom stereocenters. The number of piperidine rings is 1. The quantitative estimate of drug-likeness (QED) is 0.785. The zero-order chi connectivity index (χ0) is 18.1. The molecule has 1 N–H and O–H groups in total. The predicted octanol–water partition coefficient (Wildman–Crippen LogP) is 3.23. The summed E-state index contributed by atoms with van der Waals surface area (Å²) in [5.74, 6) is 1.96. The Balaban J connectivity index is 1.83. The molecule has 0 bridgehead atoms. The molecular formula is C20H22N4O2. The summed E-state index contributed by atoms with van der Waals surface area (Å²) < 4.78 is 5.30. The first kappa shape index (κ1) is 16.6. The van der Waals surface area contributed by atoms with Gasteiger partial charge >= 0.3 is 0 Å². The Morgan fingerprint density at radius 2 is 2.19 bits per heavy atom. The average Bonchev–Trinajstić information content (AvgIpc) is 2.67. The number of hydrogen-bond donors (Lipinski definition) is 1. The minimum atomic E-state index is -0.158. The topological polar surface area (TPSA) is 71.1 Å². The van der Waals surface area contributed by atoms with Crippen LogP contribution in [0.2, 0.25) is 0 Å². The highest BCUT2D eigenvalue weighted by Gasteiger charge is 2.20. The van der Waals surface area contributed by atoms with Crippen molar-refractivity contribution in [3.63, 3.8) is 0 Å². The van der Waals surface area contributed by atoms with Crippen LogP contribution >= 0.6 is 0 Å². The molecule has 1 aliphatic heterocycles. The van der Waals surface area contributed by atoms with Crippen molar-refractivity contribution in [1.29, 1.82) is 0 Å². The van der Waals surface area contributed by atoms with Crippen LogP contribution in [-0.4, -0.2) is 35.2 Å². The largest absolute Gasteiger partial charge is 0.497 e. The molecule has 6 nitrogen and oxygen atoms in total. The van der Waals surface area contributed by atoms with Gasteiger partial charge in [-0.3, -0.25) is 9.78 Å². The van der Waals surface area contributed by atoms with Gasteiger partial charge in [-0.25, -0.2) is 4.98 Å². The van der Waals surface area contributed by atoms with E-state index in [0.29, 0.717) is 22.9 Å². The number of anilines is 1. The monoisotopic (exact) mass is 350 g/mol. The summed E-state index contributed by atoms with van der Waals surface area (Å²) in [7, 11) is 1.63. The molecule has 6 heteroatoms. The number of fused-ring (bicyclic) bond motifs is 1. The standard InChI is InChI=1S/C20H22N4O2/c1-13-5-4-10-24(12-13)20-22-18-17(19(25)23-20)16(8-9-21-18)14-6-3-7-15(11-14)26-2/h3,6-9,11,13H,4-5,10,12H2,1-2H3,(H,21,22,23,25). The second-order valence-electron chi connectivity index (χ2n) is 6.87. The molecule has 0 saturated carbocycles. The molecule has 134 valence electrons. The van der Waals surface area contributed by atoms with Crippen molar-refractivity contribution in [2.75, 3.05) is 25.1 Å². The fourth-order valence-electron chi connectivity index (χ4n) is 3.61. The van der Waals surface area contributed by atoms with E-state index >= 15 is 0 Å². The lowest BCUT2D eigenvalue weighted by Gasteiger charge is -2.31. The summed E-state index contributed by atoms with van der Waals surface area (Å²) in [5.41, 5.74) is 2.03. The van der Waals surface area contributed by atoms with Crippen LogP contribution in [0, 0.1) is 5.92 Å². The van der Waals surface area contributed by atoms with Crippen molar-refractivity contribution in [1.82, 2.24) is 15.0 Å². The maximum atomic E-state index is 12.9. The highest BCUT2D eigenvalue weighted by Crippen LogP contribution is 2.28. The maximum absolute atomic E-state index is 12.9. The molecule has 1 saturated heterocycles. The molecule has 2 aromatic heterocycles. The van der Waals surface area contributed by atoms with Crippen LogP contribution in [0.15, 0.2) is 41.3 Å². The van der Waals surface area contributed by atoms with E-state index in [0.717, 1.165) is 36.4 Å². The predicted molar refractivity (Wildman–Crippen MR) is 103 cm³/mol. The Hall–Kier alpha value is -2.89. The van der Waals surface area contributed by atoms with Gasteiger partial charge in [0.05, 0.1) is 12.5 Å². The summed E-state index contributed by atoms with van der Waals surface area (Å²) >= 11 is 0. The van der Waals surface area contributed by atoms with Gasteiger partial charge in [0.25, 0.3) is 5.56 Å². The second-order valence-corrected chi connectivity index (χ2v) is 6.87. The third-order valence-electron chi connectivity index (χ3n) is 4.93. The fraction of sp³-hybridized carbons (Fsp3) is 0.350. The number of aromatic nitrogens is 3. The van der Waals surface area contributed by atoms with E-state index in [2.05, 4.69) is 26.8 Å². The molecule has 3 aromatic rings. The van der Waals surface area contributed by atoms with Gasteiger partial charge in [0.15, 0.2) is 5.65 Å². The third kappa shape index (κ3) is 3.03. The van der Waals surface area contributed by atoms with E-state index in [4.69, 9.17) is 4.74 Å². The summed E-state index contributed by atoms with van der Waals surface area (Å²) in [6.45, 7) is 4.04. The summed E-state index contributed by atoms with van der Waals surface area (Å²) in [4.78, 5) is 27.0. The van der Waals surface area contributed by atoms with E-state index in [1.807, 2.05) is 30.3 Å². The first-order chi connectivity index (χ1) is 12.7. The summed E-state index contributed by atoms with van der Waals surface area (Å²) in [6.07, 6.45) is 4.03. The van der Waals surface area contributed by atoms with Crippen molar-refractivity contribution in [3.8, 4) is 16.9 Å². The van der Waals surface area contributed by atoms with Crippen LogP contribution in [0.25, 0.3) is 22.2 Å². The molecule has 0 spiro atoms. The zero-order valence-corrected chi connectivity index (χ0v) is 15.0. The number of benzene rings is 1. The Morgan fingerprint density at radius 3 is 3.00 bits per heavy atom. The van der Waals surface area contributed by atoms with Crippen molar-refractivity contribution in [3.05, 3.63) is 46.9 Å². The number of aromatic amines is 1. The molecular weight excluding hydrogens is 328 g/mol. The SMILES string of the molecule is COc1cccc(-c2ccnc3nc(N4CCCC(C)C4)[nH]c(=O)c23)c1. The molecule has 0 radical (unpaired) electrons. The van der Waals surface area contributed by atoms with Crippen LogP contribution in [0.5, 0.6) is 5.75 Å². The highest BCUT2D eigenvalue weighted by atomic mass is 16.5. The molecule has 1 atom stereocenters. The van der Waals surface area contributed by atoms with Gasteiger partial charge in [0.2, 0.25) is 5.95 Å². The smallest absolute Gasteiger partial charge is 0.262 e. The number of pyridine rings is 1. The van der Waals surface area contributed by atoms with Crippen LogP contribution in [0.3, 0.4) is 0 Å². The highest BCUT2D eigenvalue weighted by molar-refractivity contribution is 5.92. The number of nitrogens with one attached hydrogen (secondary N) is 1. The van der Waals surface area contributed by atoms with Crippen molar-refractivity contribution in [2.45, 2.75) is 19.8 Å². The van der Waals surface area contributed by atoms with E-state index in [9.17, 15) is 4.79 Å². The van der Waals surface area contributed by atoms with Crippen LogP contribution in [-0.2, 0) is 0 Å². The molecule has 0 amide bonds. The Morgan fingerprint density at radius 1 is 1.31 bits per heavy atom. The third-order valence-corrected chi connectivity index (χ3v) is 4.93. The lowest BCUT2D eigenvalue weighted by molar-refractivity contribution is 0.415. The number of methoxy groups -OCH3 is 1. The van der Waals surface area contributed by atoms with Crippen molar-refractivity contribution < 1.29 is 4.74 Å². The van der Waals surface area contributed by atoms with Gasteiger partial charge in [-0.1, -0.05) is 19.1 Å². The molecule has 1 aromatic carbocycles.